The van der Waals surface area contributed by atoms with Crippen molar-refractivity contribution in [2.75, 3.05) is 16.4 Å². The molecule has 5 nitrogen and oxygen atoms in total. The average molecular weight is 567 g/mol. The number of halogens is 3. The van der Waals surface area contributed by atoms with Gasteiger partial charge in [0.1, 0.15) is 0 Å². The first-order chi connectivity index (χ1) is 15.4. The molecule has 2 amide bonds. The predicted molar refractivity (Wildman–Crippen MR) is 138 cm³/mol. The molecule has 1 heterocycles. The Bertz CT molecular complexity index is 1330. The topological polar surface area (TPSA) is 71.1 Å². The lowest BCUT2D eigenvalue weighted by Crippen LogP contribution is -2.14. The van der Waals surface area contributed by atoms with Crippen LogP contribution < -0.4 is 10.6 Å². The van der Waals surface area contributed by atoms with Crippen LogP contribution in [0.2, 0.25) is 10.0 Å². The van der Waals surface area contributed by atoms with Gasteiger partial charge in [-0.25, -0.2) is 4.98 Å². The fourth-order valence-corrected chi connectivity index (χ4v) is 5.64. The summed E-state index contributed by atoms with van der Waals surface area (Å²) in [5.41, 5.74) is 2.41. The smallest absolute Gasteiger partial charge is 0.257 e. The molecule has 0 fully saturated rings. The summed E-state index contributed by atoms with van der Waals surface area (Å²) in [5.74, 6) is -0.258. The van der Waals surface area contributed by atoms with Crippen molar-refractivity contribution in [1.29, 1.82) is 0 Å². The van der Waals surface area contributed by atoms with Gasteiger partial charge < -0.3 is 10.6 Å². The van der Waals surface area contributed by atoms with E-state index < -0.39 is 0 Å². The van der Waals surface area contributed by atoms with Crippen LogP contribution in [0.4, 0.5) is 11.4 Å². The summed E-state index contributed by atoms with van der Waals surface area (Å²) in [6, 6.07) is 17.6. The van der Waals surface area contributed by atoms with Gasteiger partial charge in [-0.2, -0.15) is 0 Å². The lowest BCUT2D eigenvalue weighted by atomic mass is 10.2. The molecular weight excluding hydrogens is 553 g/mol. The molecule has 0 aliphatic carbocycles. The van der Waals surface area contributed by atoms with Crippen molar-refractivity contribution >= 4 is 95.6 Å². The second-order valence-electron chi connectivity index (χ2n) is 6.56. The Morgan fingerprint density at radius 1 is 1.00 bits per heavy atom. The molecule has 0 saturated heterocycles. The van der Waals surface area contributed by atoms with Gasteiger partial charge in [-0.3, -0.25) is 9.59 Å². The Hall–Kier alpha value is -2.10. The number of fused-ring (bicyclic) bond motifs is 1. The number of aromatic nitrogens is 1. The minimum absolute atomic E-state index is 0.175. The number of hydrogen-bond donors (Lipinski definition) is 2. The molecule has 4 rings (SSSR count). The summed E-state index contributed by atoms with van der Waals surface area (Å²) in [7, 11) is 0. The first-order valence-corrected chi connectivity index (χ1v) is 12.6. The Morgan fingerprint density at radius 3 is 2.59 bits per heavy atom. The molecule has 0 spiro atoms. The van der Waals surface area contributed by atoms with E-state index in [0.29, 0.717) is 27.0 Å². The van der Waals surface area contributed by atoms with E-state index in [1.165, 1.54) is 23.1 Å². The lowest BCUT2D eigenvalue weighted by molar-refractivity contribution is -0.113. The maximum absolute atomic E-state index is 12.5. The van der Waals surface area contributed by atoms with Gasteiger partial charge in [-0.05, 0) is 48.5 Å². The van der Waals surface area contributed by atoms with Crippen LogP contribution in [0.5, 0.6) is 0 Å². The molecule has 4 aromatic rings. The van der Waals surface area contributed by atoms with Gasteiger partial charge in [-0.15, -0.1) is 11.3 Å². The molecule has 0 radical (unpaired) electrons. The van der Waals surface area contributed by atoms with Crippen LogP contribution in [-0.4, -0.2) is 22.6 Å². The van der Waals surface area contributed by atoms with Gasteiger partial charge in [-0.1, -0.05) is 63.0 Å². The molecule has 3 aromatic carbocycles. The highest BCUT2D eigenvalue weighted by Crippen LogP contribution is 2.32. The molecule has 1 aromatic heterocycles. The number of hydrogen-bond acceptors (Lipinski definition) is 5. The van der Waals surface area contributed by atoms with Crippen molar-refractivity contribution in [2.24, 2.45) is 0 Å². The van der Waals surface area contributed by atoms with Crippen LogP contribution in [0, 0.1) is 0 Å². The van der Waals surface area contributed by atoms with E-state index in [1.807, 2.05) is 18.2 Å². The monoisotopic (exact) mass is 565 g/mol. The maximum Gasteiger partial charge on any atom is 0.257 e. The van der Waals surface area contributed by atoms with Gasteiger partial charge >= 0.3 is 0 Å². The highest BCUT2D eigenvalue weighted by atomic mass is 79.9. The van der Waals surface area contributed by atoms with Crippen LogP contribution in [0.25, 0.3) is 10.2 Å². The third-order valence-electron chi connectivity index (χ3n) is 4.28. The average Bonchev–Trinajstić information content (AvgIpc) is 3.17. The maximum atomic E-state index is 12.5. The molecule has 0 bridgehead atoms. The number of nitrogens with zero attached hydrogens (tertiary/aromatic N) is 1. The van der Waals surface area contributed by atoms with E-state index in [0.717, 1.165) is 19.0 Å². The Balaban J connectivity index is 1.40. The van der Waals surface area contributed by atoms with E-state index in [9.17, 15) is 9.59 Å². The summed E-state index contributed by atoms with van der Waals surface area (Å²) >= 11 is 18.4. The zero-order chi connectivity index (χ0) is 22.7. The van der Waals surface area contributed by atoms with Gasteiger partial charge in [0.25, 0.3) is 5.91 Å². The van der Waals surface area contributed by atoms with Crippen molar-refractivity contribution in [3.05, 3.63) is 80.7 Å². The zero-order valence-corrected chi connectivity index (χ0v) is 20.9. The number of anilines is 2. The molecule has 2 N–H and O–H groups in total. The molecule has 10 heteroatoms. The van der Waals surface area contributed by atoms with Crippen molar-refractivity contribution in [3.63, 3.8) is 0 Å². The van der Waals surface area contributed by atoms with Gasteiger partial charge in [0, 0.05) is 10.2 Å². The van der Waals surface area contributed by atoms with Gasteiger partial charge in [0.15, 0.2) is 4.34 Å². The zero-order valence-electron chi connectivity index (χ0n) is 16.2. The number of amides is 2. The van der Waals surface area contributed by atoms with E-state index in [2.05, 4.69) is 31.5 Å². The minimum Gasteiger partial charge on any atom is -0.324 e. The third kappa shape index (κ3) is 5.63. The number of thioether (sulfide) groups is 1. The summed E-state index contributed by atoms with van der Waals surface area (Å²) < 4.78 is 2.50. The largest absolute Gasteiger partial charge is 0.324 e. The fourth-order valence-electron chi connectivity index (χ4n) is 2.79. The van der Waals surface area contributed by atoms with Crippen LogP contribution in [0.3, 0.4) is 0 Å². The lowest BCUT2D eigenvalue weighted by Gasteiger charge is -2.06. The van der Waals surface area contributed by atoms with Crippen LogP contribution in [-0.2, 0) is 4.79 Å². The van der Waals surface area contributed by atoms with Crippen molar-refractivity contribution < 1.29 is 9.59 Å². The number of rotatable bonds is 6. The molecular formula is C22H14BrCl2N3O2S2. The molecule has 0 saturated carbocycles. The van der Waals surface area contributed by atoms with E-state index in [1.54, 1.807) is 42.5 Å². The second kappa shape index (κ2) is 10.2. The van der Waals surface area contributed by atoms with Crippen molar-refractivity contribution in [2.45, 2.75) is 4.34 Å². The van der Waals surface area contributed by atoms with Crippen LogP contribution >= 0.6 is 62.2 Å². The highest BCUT2D eigenvalue weighted by Gasteiger charge is 2.13. The highest BCUT2D eigenvalue weighted by molar-refractivity contribution is 9.10. The first-order valence-electron chi connectivity index (χ1n) is 9.23. The number of nitrogens with one attached hydrogen (secondary N) is 2. The first kappa shape index (κ1) is 23.1. The Kier molecular flexibility index (Phi) is 7.37. The Morgan fingerprint density at radius 2 is 1.81 bits per heavy atom. The van der Waals surface area contributed by atoms with E-state index in [-0.39, 0.29) is 17.6 Å². The summed E-state index contributed by atoms with van der Waals surface area (Å²) in [6.45, 7) is 0. The number of carbonyl (C=O) groups is 2. The quantitative estimate of drug-likeness (QED) is 0.239. The van der Waals surface area contributed by atoms with Gasteiger partial charge in [0.05, 0.1) is 37.3 Å². The third-order valence-corrected chi connectivity index (χ3v) is 7.57. The Labute approximate surface area is 210 Å². The molecule has 162 valence electrons. The van der Waals surface area contributed by atoms with Crippen LogP contribution in [0.15, 0.2) is 69.5 Å². The molecule has 32 heavy (non-hydrogen) atoms. The second-order valence-corrected chi connectivity index (χ2v) is 10.5. The number of thiazole rings is 1. The number of carbonyl (C=O) groups excluding carboxylic acids is 2. The standard InChI is InChI=1S/C22H14BrCl2N3O2S2/c23-12-5-7-17(16(25)9-12)27-20(29)11-31-22-28-18-8-6-13(10-19(18)32-22)26-21(30)14-3-1-2-4-15(14)24/h1-10H,11H2,(H,26,30)(H,27,29). The molecule has 0 unspecified atom stereocenters. The van der Waals surface area contributed by atoms with E-state index >= 15 is 0 Å². The van der Waals surface area contributed by atoms with Crippen molar-refractivity contribution in [1.82, 2.24) is 4.98 Å². The molecule has 0 aliphatic heterocycles. The van der Waals surface area contributed by atoms with Crippen LogP contribution in [0.1, 0.15) is 10.4 Å². The minimum atomic E-state index is -0.280. The normalized spacial score (nSPS) is 10.8. The molecule has 0 aliphatic rings. The SMILES string of the molecule is O=C(CSc1nc2ccc(NC(=O)c3ccccc3Cl)cc2s1)Nc1ccc(Br)cc1Cl. The summed E-state index contributed by atoms with van der Waals surface area (Å²) in [5, 5.41) is 6.51. The van der Waals surface area contributed by atoms with Gasteiger partial charge in [0.2, 0.25) is 5.91 Å². The molecule has 0 atom stereocenters. The summed E-state index contributed by atoms with van der Waals surface area (Å²) in [4.78, 5) is 29.3. The predicted octanol–water partition coefficient (Wildman–Crippen LogP) is 7.35. The number of benzene rings is 3. The van der Waals surface area contributed by atoms with Crippen molar-refractivity contribution in [3.8, 4) is 0 Å². The fraction of sp³-hybridized carbons (Fsp3) is 0.0455. The van der Waals surface area contributed by atoms with E-state index in [4.69, 9.17) is 23.2 Å². The summed E-state index contributed by atoms with van der Waals surface area (Å²) in [6.07, 6.45) is 0.